The lowest BCUT2D eigenvalue weighted by Gasteiger charge is -2.13. The van der Waals surface area contributed by atoms with E-state index in [4.69, 9.17) is 21.1 Å². The van der Waals surface area contributed by atoms with Crippen molar-refractivity contribution in [2.45, 2.75) is 19.4 Å². The second-order valence-corrected chi connectivity index (χ2v) is 6.32. The number of aromatic nitrogens is 1. The van der Waals surface area contributed by atoms with Crippen LogP contribution in [-0.4, -0.2) is 44.9 Å². The molecule has 0 bridgehead atoms. The first kappa shape index (κ1) is 21.0. The van der Waals surface area contributed by atoms with E-state index in [-0.39, 0.29) is 0 Å². The van der Waals surface area contributed by atoms with E-state index in [0.717, 1.165) is 42.2 Å². The van der Waals surface area contributed by atoms with Gasteiger partial charge in [-0.15, -0.1) is 0 Å². The lowest BCUT2D eigenvalue weighted by Crippen LogP contribution is -2.37. The second-order valence-electron chi connectivity index (χ2n) is 5.93. The van der Waals surface area contributed by atoms with Crippen LogP contribution in [0.15, 0.2) is 47.6 Å². The van der Waals surface area contributed by atoms with E-state index in [1.165, 1.54) is 0 Å². The standard InChI is InChI=1S/C20H27ClN4O2/c1-22-20(23-10-9-16-7-8-19(21)24-14-16)25-15-17-5-3-6-18(13-17)27-12-4-11-26-2/h3,5-8,13-14H,4,9-12,15H2,1-2H3,(H2,22,23,25). The average Bonchev–Trinajstić information content (AvgIpc) is 2.69. The van der Waals surface area contributed by atoms with Crippen molar-refractivity contribution in [3.63, 3.8) is 0 Å². The third-order valence-corrected chi connectivity index (χ3v) is 4.06. The molecule has 7 heteroatoms. The zero-order chi connectivity index (χ0) is 19.3. The number of hydrogen-bond acceptors (Lipinski definition) is 4. The molecule has 27 heavy (non-hydrogen) atoms. The highest BCUT2D eigenvalue weighted by atomic mass is 35.5. The molecule has 6 nitrogen and oxygen atoms in total. The lowest BCUT2D eigenvalue weighted by molar-refractivity contribution is 0.172. The fourth-order valence-corrected chi connectivity index (χ4v) is 2.54. The summed E-state index contributed by atoms with van der Waals surface area (Å²) in [6.07, 6.45) is 3.51. The van der Waals surface area contributed by atoms with Gasteiger partial charge in [-0.3, -0.25) is 4.99 Å². The molecular formula is C20H27ClN4O2. The zero-order valence-electron chi connectivity index (χ0n) is 15.9. The molecule has 0 fully saturated rings. The highest BCUT2D eigenvalue weighted by molar-refractivity contribution is 6.29. The molecule has 2 N–H and O–H groups in total. The third-order valence-electron chi connectivity index (χ3n) is 3.84. The van der Waals surface area contributed by atoms with Crippen molar-refractivity contribution in [3.05, 3.63) is 58.9 Å². The van der Waals surface area contributed by atoms with E-state index in [0.29, 0.717) is 24.9 Å². The van der Waals surface area contributed by atoms with Gasteiger partial charge in [0.2, 0.25) is 0 Å². The minimum Gasteiger partial charge on any atom is -0.493 e. The molecule has 0 aliphatic rings. The van der Waals surface area contributed by atoms with Crippen LogP contribution in [0, 0.1) is 0 Å². The summed E-state index contributed by atoms with van der Waals surface area (Å²) < 4.78 is 10.8. The highest BCUT2D eigenvalue weighted by Gasteiger charge is 2.01. The monoisotopic (exact) mass is 390 g/mol. The fraction of sp³-hybridized carbons (Fsp3) is 0.400. The highest BCUT2D eigenvalue weighted by Crippen LogP contribution is 2.13. The number of pyridine rings is 1. The number of nitrogens with one attached hydrogen (secondary N) is 2. The van der Waals surface area contributed by atoms with Gasteiger partial charge in [-0.25, -0.2) is 4.98 Å². The second kappa shape index (κ2) is 12.1. The van der Waals surface area contributed by atoms with E-state index >= 15 is 0 Å². The Morgan fingerprint density at radius 1 is 1.15 bits per heavy atom. The summed E-state index contributed by atoms with van der Waals surface area (Å²) >= 11 is 5.80. The average molecular weight is 391 g/mol. The summed E-state index contributed by atoms with van der Waals surface area (Å²) in [4.78, 5) is 8.34. The van der Waals surface area contributed by atoms with Crippen LogP contribution in [0.2, 0.25) is 5.15 Å². The Balaban J connectivity index is 1.74. The summed E-state index contributed by atoms with van der Waals surface area (Å²) in [6.45, 7) is 2.77. The van der Waals surface area contributed by atoms with E-state index in [2.05, 4.69) is 26.7 Å². The maximum atomic E-state index is 5.80. The first-order valence-corrected chi connectivity index (χ1v) is 9.34. The molecule has 0 saturated carbocycles. The molecule has 0 atom stereocenters. The maximum Gasteiger partial charge on any atom is 0.191 e. The van der Waals surface area contributed by atoms with Gasteiger partial charge in [-0.1, -0.05) is 29.8 Å². The van der Waals surface area contributed by atoms with Crippen molar-refractivity contribution in [2.75, 3.05) is 33.9 Å². The van der Waals surface area contributed by atoms with Crippen LogP contribution in [0.3, 0.4) is 0 Å². The number of ether oxygens (including phenoxy) is 2. The number of nitrogens with zero attached hydrogens (tertiary/aromatic N) is 2. The number of aliphatic imine (C=N–C) groups is 1. The molecule has 0 amide bonds. The molecule has 1 aromatic carbocycles. The number of hydrogen-bond donors (Lipinski definition) is 2. The zero-order valence-corrected chi connectivity index (χ0v) is 16.6. The Bertz CT molecular complexity index is 707. The normalized spacial score (nSPS) is 11.3. The van der Waals surface area contributed by atoms with Crippen molar-refractivity contribution in [1.82, 2.24) is 15.6 Å². The van der Waals surface area contributed by atoms with Gasteiger partial charge in [-0.05, 0) is 35.7 Å². The lowest BCUT2D eigenvalue weighted by atomic mass is 10.2. The molecule has 0 aliphatic heterocycles. The Morgan fingerprint density at radius 3 is 2.78 bits per heavy atom. The van der Waals surface area contributed by atoms with Crippen LogP contribution in [0.25, 0.3) is 0 Å². The van der Waals surface area contributed by atoms with Gasteiger partial charge in [0.1, 0.15) is 10.9 Å². The van der Waals surface area contributed by atoms with Crippen LogP contribution >= 0.6 is 11.6 Å². The number of benzene rings is 1. The van der Waals surface area contributed by atoms with Gasteiger partial charge in [-0.2, -0.15) is 0 Å². The smallest absolute Gasteiger partial charge is 0.191 e. The van der Waals surface area contributed by atoms with E-state index in [1.807, 2.05) is 24.3 Å². The molecule has 1 heterocycles. The topological polar surface area (TPSA) is 67.8 Å². The molecule has 146 valence electrons. The number of rotatable bonds is 10. The SMILES string of the molecule is CN=C(NCCc1ccc(Cl)nc1)NCc1cccc(OCCCOC)c1. The van der Waals surface area contributed by atoms with E-state index in [9.17, 15) is 0 Å². The van der Waals surface area contributed by atoms with Crippen molar-refractivity contribution in [3.8, 4) is 5.75 Å². The Kier molecular flexibility index (Phi) is 9.44. The third kappa shape index (κ3) is 8.28. The van der Waals surface area contributed by atoms with Gasteiger partial charge in [0.15, 0.2) is 5.96 Å². The van der Waals surface area contributed by atoms with Crippen molar-refractivity contribution in [1.29, 1.82) is 0 Å². The molecule has 1 aromatic heterocycles. The summed E-state index contributed by atoms with van der Waals surface area (Å²) in [5.74, 6) is 1.62. The summed E-state index contributed by atoms with van der Waals surface area (Å²) in [7, 11) is 3.45. The van der Waals surface area contributed by atoms with E-state index in [1.54, 1.807) is 26.4 Å². The molecule has 0 unspecified atom stereocenters. The number of guanidine groups is 1. The van der Waals surface area contributed by atoms with Crippen LogP contribution in [0.4, 0.5) is 0 Å². The number of methoxy groups -OCH3 is 1. The van der Waals surface area contributed by atoms with Crippen LogP contribution in [-0.2, 0) is 17.7 Å². The predicted octanol–water partition coefficient (Wildman–Crippen LogP) is 3.06. The predicted molar refractivity (Wildman–Crippen MR) is 110 cm³/mol. The van der Waals surface area contributed by atoms with Gasteiger partial charge in [0.05, 0.1) is 6.61 Å². The van der Waals surface area contributed by atoms with E-state index < -0.39 is 0 Å². The summed E-state index contributed by atoms with van der Waals surface area (Å²) in [6, 6.07) is 11.8. The van der Waals surface area contributed by atoms with Crippen LogP contribution in [0.5, 0.6) is 5.75 Å². The quantitative estimate of drug-likeness (QED) is 0.282. The largest absolute Gasteiger partial charge is 0.493 e. The maximum absolute atomic E-state index is 5.80. The Morgan fingerprint density at radius 2 is 2.04 bits per heavy atom. The summed E-state index contributed by atoms with van der Waals surface area (Å²) in [5.41, 5.74) is 2.25. The minimum atomic E-state index is 0.508. The van der Waals surface area contributed by atoms with Crippen LogP contribution in [0.1, 0.15) is 17.5 Å². The molecule has 0 aliphatic carbocycles. The van der Waals surface area contributed by atoms with Gasteiger partial charge < -0.3 is 20.1 Å². The first-order valence-electron chi connectivity index (χ1n) is 8.97. The Hall–Kier alpha value is -2.31. The minimum absolute atomic E-state index is 0.508. The first-order chi connectivity index (χ1) is 13.2. The number of halogens is 1. The fourth-order valence-electron chi connectivity index (χ4n) is 2.42. The molecule has 0 radical (unpaired) electrons. The van der Waals surface area contributed by atoms with Crippen molar-refractivity contribution < 1.29 is 9.47 Å². The van der Waals surface area contributed by atoms with Gasteiger partial charge >= 0.3 is 0 Å². The summed E-state index contributed by atoms with van der Waals surface area (Å²) in [5, 5.41) is 7.12. The Labute approximate surface area is 166 Å². The van der Waals surface area contributed by atoms with Crippen molar-refractivity contribution >= 4 is 17.6 Å². The van der Waals surface area contributed by atoms with Gasteiger partial charge in [0.25, 0.3) is 0 Å². The molecule has 0 spiro atoms. The molecule has 2 rings (SSSR count). The molecular weight excluding hydrogens is 364 g/mol. The van der Waals surface area contributed by atoms with Crippen molar-refractivity contribution in [2.24, 2.45) is 4.99 Å². The van der Waals surface area contributed by atoms with Gasteiger partial charge in [0, 0.05) is 46.5 Å². The van der Waals surface area contributed by atoms with Crippen LogP contribution < -0.4 is 15.4 Å². The molecule has 2 aromatic rings. The molecule has 0 saturated heterocycles.